The molecule has 0 atom stereocenters. The van der Waals surface area contributed by atoms with Crippen LogP contribution in [-0.4, -0.2) is 36.2 Å². The average molecular weight is 307 g/mol. The number of esters is 1. The van der Waals surface area contributed by atoms with Crippen LogP contribution in [0.2, 0.25) is 0 Å². The molecule has 122 valence electrons. The molecule has 5 nitrogen and oxygen atoms in total. The van der Waals surface area contributed by atoms with E-state index in [0.717, 1.165) is 5.56 Å². The fourth-order valence-electron chi connectivity index (χ4n) is 1.77. The molecule has 0 spiro atoms. The molecule has 1 amide bonds. The number of hydrogen-bond acceptors (Lipinski definition) is 4. The molecule has 0 fully saturated rings. The lowest BCUT2D eigenvalue weighted by atomic mass is 10.2. The van der Waals surface area contributed by atoms with Gasteiger partial charge in [0, 0.05) is 20.0 Å². The van der Waals surface area contributed by atoms with Crippen LogP contribution in [0.1, 0.15) is 39.2 Å². The zero-order chi connectivity index (χ0) is 16.6. The molecule has 0 heterocycles. The lowest BCUT2D eigenvalue weighted by Crippen LogP contribution is -2.29. The molecular weight excluding hydrogens is 282 g/mol. The van der Waals surface area contributed by atoms with E-state index >= 15 is 0 Å². The SMILES string of the molecule is CN(CCCC(=O)OC(C)(C)C)C(=O)OCc1ccccc1. The number of hydrogen-bond donors (Lipinski definition) is 0. The predicted octanol–water partition coefficient (Wildman–Crippen LogP) is 3.38. The zero-order valence-electron chi connectivity index (χ0n) is 13.8. The molecule has 22 heavy (non-hydrogen) atoms. The van der Waals surface area contributed by atoms with Gasteiger partial charge in [-0.25, -0.2) is 4.79 Å². The molecule has 0 N–H and O–H groups in total. The van der Waals surface area contributed by atoms with Gasteiger partial charge in [0.25, 0.3) is 0 Å². The smallest absolute Gasteiger partial charge is 0.409 e. The molecule has 0 aliphatic heterocycles. The Balaban J connectivity index is 2.23. The number of carbonyl (C=O) groups is 2. The molecule has 0 unspecified atom stereocenters. The highest BCUT2D eigenvalue weighted by Gasteiger charge is 2.16. The summed E-state index contributed by atoms with van der Waals surface area (Å²) in [4.78, 5) is 24.8. The van der Waals surface area contributed by atoms with Gasteiger partial charge in [-0.2, -0.15) is 0 Å². The quantitative estimate of drug-likeness (QED) is 0.756. The third kappa shape index (κ3) is 7.67. The summed E-state index contributed by atoms with van der Waals surface area (Å²) in [6, 6.07) is 9.50. The van der Waals surface area contributed by atoms with Crippen molar-refractivity contribution in [1.29, 1.82) is 0 Å². The van der Waals surface area contributed by atoms with Crippen LogP contribution < -0.4 is 0 Å². The van der Waals surface area contributed by atoms with E-state index in [4.69, 9.17) is 9.47 Å². The molecule has 5 heteroatoms. The number of carbonyl (C=O) groups excluding carboxylic acids is 2. The standard InChI is InChI=1S/C17H25NO4/c1-17(2,3)22-15(19)11-8-12-18(4)16(20)21-13-14-9-6-5-7-10-14/h5-7,9-10H,8,11-13H2,1-4H3. The summed E-state index contributed by atoms with van der Waals surface area (Å²) in [5, 5.41) is 0. The van der Waals surface area contributed by atoms with Gasteiger partial charge in [0.1, 0.15) is 12.2 Å². The fourth-order valence-corrected chi connectivity index (χ4v) is 1.77. The Hall–Kier alpha value is -2.04. The van der Waals surface area contributed by atoms with E-state index in [1.54, 1.807) is 7.05 Å². The molecule has 1 aromatic rings. The molecule has 1 aromatic carbocycles. The van der Waals surface area contributed by atoms with E-state index in [-0.39, 0.29) is 19.0 Å². The molecule has 0 radical (unpaired) electrons. The van der Waals surface area contributed by atoms with Crippen LogP contribution in [-0.2, 0) is 20.9 Å². The van der Waals surface area contributed by atoms with Gasteiger partial charge in [0.2, 0.25) is 0 Å². The molecule has 0 saturated carbocycles. The third-order valence-electron chi connectivity index (χ3n) is 2.81. The van der Waals surface area contributed by atoms with E-state index < -0.39 is 11.7 Å². The minimum Gasteiger partial charge on any atom is -0.460 e. The monoisotopic (exact) mass is 307 g/mol. The first-order chi connectivity index (χ1) is 10.3. The average Bonchev–Trinajstić information content (AvgIpc) is 2.43. The Morgan fingerprint density at radius 3 is 2.36 bits per heavy atom. The molecule has 0 saturated heterocycles. The number of rotatable bonds is 6. The van der Waals surface area contributed by atoms with Crippen LogP contribution in [0.4, 0.5) is 4.79 Å². The second-order valence-corrected chi connectivity index (χ2v) is 6.15. The molecule has 0 aliphatic carbocycles. The Morgan fingerprint density at radius 2 is 1.77 bits per heavy atom. The molecule has 0 aliphatic rings. The van der Waals surface area contributed by atoms with E-state index in [9.17, 15) is 9.59 Å². The first kappa shape index (κ1) is 18.0. The van der Waals surface area contributed by atoms with Crippen molar-refractivity contribution in [1.82, 2.24) is 4.90 Å². The number of nitrogens with zero attached hydrogens (tertiary/aromatic N) is 1. The van der Waals surface area contributed by atoms with Crippen molar-refractivity contribution in [2.45, 2.75) is 45.8 Å². The van der Waals surface area contributed by atoms with Crippen LogP contribution in [0.3, 0.4) is 0 Å². The second-order valence-electron chi connectivity index (χ2n) is 6.15. The summed E-state index contributed by atoms with van der Waals surface area (Å²) in [6.07, 6.45) is 0.437. The number of amides is 1. The van der Waals surface area contributed by atoms with Crippen molar-refractivity contribution in [3.05, 3.63) is 35.9 Å². The highest BCUT2D eigenvalue weighted by Crippen LogP contribution is 2.09. The van der Waals surface area contributed by atoms with Crippen molar-refractivity contribution < 1.29 is 19.1 Å². The van der Waals surface area contributed by atoms with Gasteiger partial charge in [-0.3, -0.25) is 4.79 Å². The maximum atomic E-state index is 11.8. The lowest BCUT2D eigenvalue weighted by molar-refractivity contribution is -0.154. The van der Waals surface area contributed by atoms with Crippen LogP contribution in [0.15, 0.2) is 30.3 Å². The summed E-state index contributed by atoms with van der Waals surface area (Å²) in [5.41, 5.74) is 0.468. The lowest BCUT2D eigenvalue weighted by Gasteiger charge is -2.20. The van der Waals surface area contributed by atoms with Crippen LogP contribution >= 0.6 is 0 Å². The van der Waals surface area contributed by atoms with Crippen molar-refractivity contribution >= 4 is 12.1 Å². The third-order valence-corrected chi connectivity index (χ3v) is 2.81. The van der Waals surface area contributed by atoms with E-state index in [0.29, 0.717) is 13.0 Å². The van der Waals surface area contributed by atoms with Crippen molar-refractivity contribution in [2.24, 2.45) is 0 Å². The van der Waals surface area contributed by atoms with E-state index in [2.05, 4.69) is 0 Å². The Bertz CT molecular complexity index is 479. The van der Waals surface area contributed by atoms with Gasteiger partial charge in [-0.1, -0.05) is 30.3 Å². The van der Waals surface area contributed by atoms with Crippen LogP contribution in [0.5, 0.6) is 0 Å². The summed E-state index contributed by atoms with van der Waals surface area (Å²) in [5.74, 6) is -0.251. The summed E-state index contributed by atoms with van der Waals surface area (Å²) in [6.45, 7) is 6.19. The highest BCUT2D eigenvalue weighted by atomic mass is 16.6. The summed E-state index contributed by atoms with van der Waals surface area (Å²) in [7, 11) is 1.66. The zero-order valence-corrected chi connectivity index (χ0v) is 13.8. The van der Waals surface area contributed by atoms with Crippen LogP contribution in [0, 0.1) is 0 Å². The Kier molecular flexibility index (Phi) is 6.89. The highest BCUT2D eigenvalue weighted by molar-refractivity contribution is 5.70. The van der Waals surface area contributed by atoms with Crippen molar-refractivity contribution in [3.63, 3.8) is 0 Å². The van der Waals surface area contributed by atoms with Gasteiger partial charge < -0.3 is 14.4 Å². The maximum absolute atomic E-state index is 11.8. The van der Waals surface area contributed by atoms with Gasteiger partial charge in [-0.05, 0) is 32.8 Å². The minimum atomic E-state index is -0.475. The molecule has 0 bridgehead atoms. The minimum absolute atomic E-state index is 0.246. The topological polar surface area (TPSA) is 55.8 Å². The van der Waals surface area contributed by atoms with Gasteiger partial charge in [0.05, 0.1) is 0 Å². The normalized spacial score (nSPS) is 10.9. The molecule has 1 rings (SSSR count). The van der Waals surface area contributed by atoms with Gasteiger partial charge >= 0.3 is 12.1 Å². The van der Waals surface area contributed by atoms with Crippen molar-refractivity contribution in [2.75, 3.05) is 13.6 Å². The number of benzene rings is 1. The first-order valence-corrected chi connectivity index (χ1v) is 7.41. The largest absolute Gasteiger partial charge is 0.460 e. The van der Waals surface area contributed by atoms with Gasteiger partial charge in [0.15, 0.2) is 0 Å². The summed E-state index contributed by atoms with van der Waals surface area (Å²) < 4.78 is 10.4. The molecular formula is C17H25NO4. The maximum Gasteiger partial charge on any atom is 0.409 e. The second kappa shape index (κ2) is 8.41. The van der Waals surface area contributed by atoms with E-state index in [1.165, 1.54) is 4.90 Å². The first-order valence-electron chi connectivity index (χ1n) is 7.41. The van der Waals surface area contributed by atoms with Gasteiger partial charge in [-0.15, -0.1) is 0 Å². The Labute approximate surface area is 132 Å². The van der Waals surface area contributed by atoms with E-state index in [1.807, 2.05) is 51.1 Å². The number of ether oxygens (including phenoxy) is 2. The fraction of sp³-hybridized carbons (Fsp3) is 0.529. The van der Waals surface area contributed by atoms with Crippen LogP contribution in [0.25, 0.3) is 0 Å². The predicted molar refractivity (Wildman–Crippen MR) is 84.3 cm³/mol. The summed E-state index contributed by atoms with van der Waals surface area (Å²) >= 11 is 0. The molecule has 0 aromatic heterocycles. The Morgan fingerprint density at radius 1 is 1.14 bits per heavy atom. The van der Waals surface area contributed by atoms with Crippen molar-refractivity contribution in [3.8, 4) is 0 Å².